The van der Waals surface area contributed by atoms with Crippen LogP contribution >= 0.6 is 0 Å². The van der Waals surface area contributed by atoms with E-state index in [1.807, 2.05) is 49.4 Å². The molecule has 26 heavy (non-hydrogen) atoms. The minimum Gasteiger partial charge on any atom is -0.297 e. The van der Waals surface area contributed by atoms with E-state index in [2.05, 4.69) is 17.0 Å². The topological polar surface area (TPSA) is 40.6 Å². The number of sulfonamides is 1. The zero-order valence-electron chi connectivity index (χ0n) is 15.2. The van der Waals surface area contributed by atoms with E-state index in [0.29, 0.717) is 12.6 Å². The van der Waals surface area contributed by atoms with Crippen LogP contribution in [0, 0.1) is 6.92 Å². The highest BCUT2D eigenvalue weighted by Gasteiger charge is 2.40. The molecule has 0 spiro atoms. The minimum absolute atomic E-state index is 0.0709. The van der Waals surface area contributed by atoms with Gasteiger partial charge in [-0.25, -0.2) is 8.42 Å². The van der Waals surface area contributed by atoms with Crippen molar-refractivity contribution < 1.29 is 8.42 Å². The Morgan fingerprint density at radius 3 is 2.46 bits per heavy atom. The average molecular weight is 371 g/mol. The second-order valence-electron chi connectivity index (χ2n) is 7.51. The summed E-state index contributed by atoms with van der Waals surface area (Å²) >= 11 is 0. The van der Waals surface area contributed by atoms with Crippen LogP contribution in [-0.4, -0.2) is 43.3 Å². The van der Waals surface area contributed by atoms with Gasteiger partial charge >= 0.3 is 0 Å². The zero-order chi connectivity index (χ0) is 18.1. The molecule has 1 saturated carbocycles. The fraction of sp³-hybridized carbons (Fsp3) is 0.429. The highest BCUT2D eigenvalue weighted by molar-refractivity contribution is 7.88. The van der Waals surface area contributed by atoms with E-state index in [0.717, 1.165) is 29.8 Å². The second-order valence-corrected chi connectivity index (χ2v) is 9.43. The van der Waals surface area contributed by atoms with Crippen LogP contribution in [0.4, 0.5) is 0 Å². The van der Waals surface area contributed by atoms with Crippen molar-refractivity contribution in [3.05, 3.63) is 71.3 Å². The highest BCUT2D eigenvalue weighted by Crippen LogP contribution is 2.35. The Kier molecular flexibility index (Phi) is 4.86. The molecule has 2 aliphatic rings. The number of aryl methyl sites for hydroxylation is 1. The van der Waals surface area contributed by atoms with Crippen LogP contribution in [0.5, 0.6) is 0 Å². The molecule has 1 saturated heterocycles. The van der Waals surface area contributed by atoms with E-state index in [4.69, 9.17) is 0 Å². The number of benzene rings is 2. The van der Waals surface area contributed by atoms with Crippen LogP contribution < -0.4 is 0 Å². The van der Waals surface area contributed by atoms with Gasteiger partial charge in [0.15, 0.2) is 0 Å². The van der Waals surface area contributed by atoms with E-state index in [1.54, 1.807) is 4.31 Å². The lowest BCUT2D eigenvalue weighted by Crippen LogP contribution is -2.51. The maximum Gasteiger partial charge on any atom is 0.218 e. The number of rotatable bonds is 5. The molecule has 1 heterocycles. The van der Waals surface area contributed by atoms with E-state index < -0.39 is 10.0 Å². The molecule has 0 bridgehead atoms. The number of hydrogen-bond donors (Lipinski definition) is 0. The van der Waals surface area contributed by atoms with Crippen molar-refractivity contribution >= 4 is 10.0 Å². The van der Waals surface area contributed by atoms with E-state index >= 15 is 0 Å². The molecule has 1 unspecified atom stereocenters. The van der Waals surface area contributed by atoms with E-state index in [-0.39, 0.29) is 11.8 Å². The Morgan fingerprint density at radius 1 is 1.00 bits per heavy atom. The molecule has 1 aliphatic carbocycles. The molecule has 4 rings (SSSR count). The van der Waals surface area contributed by atoms with E-state index in [1.165, 1.54) is 12.8 Å². The summed E-state index contributed by atoms with van der Waals surface area (Å²) in [6, 6.07) is 18.4. The predicted octanol–water partition coefficient (Wildman–Crippen LogP) is 3.35. The summed E-state index contributed by atoms with van der Waals surface area (Å²) < 4.78 is 28.2. The van der Waals surface area contributed by atoms with Crippen LogP contribution in [0.1, 0.15) is 35.6 Å². The largest absolute Gasteiger partial charge is 0.297 e. The molecule has 2 fully saturated rings. The Hall–Kier alpha value is -1.69. The van der Waals surface area contributed by atoms with Crippen molar-refractivity contribution in [3.63, 3.8) is 0 Å². The first kappa shape index (κ1) is 17.7. The molecule has 4 nitrogen and oxygen atoms in total. The van der Waals surface area contributed by atoms with Crippen molar-refractivity contribution in [2.24, 2.45) is 0 Å². The first-order chi connectivity index (χ1) is 12.5. The fourth-order valence-electron chi connectivity index (χ4n) is 3.93. The van der Waals surface area contributed by atoms with Crippen molar-refractivity contribution in [2.75, 3.05) is 19.6 Å². The lowest BCUT2D eigenvalue weighted by atomic mass is 10.0. The molecule has 2 aromatic rings. The van der Waals surface area contributed by atoms with Gasteiger partial charge in [-0.2, -0.15) is 4.31 Å². The van der Waals surface area contributed by atoms with Crippen molar-refractivity contribution in [1.29, 1.82) is 0 Å². The summed E-state index contributed by atoms with van der Waals surface area (Å²) in [7, 11) is -3.37. The van der Waals surface area contributed by atoms with Gasteiger partial charge in [-0.3, -0.25) is 4.90 Å². The molecule has 1 atom stereocenters. The smallest absolute Gasteiger partial charge is 0.218 e. The van der Waals surface area contributed by atoms with E-state index in [9.17, 15) is 8.42 Å². The summed E-state index contributed by atoms with van der Waals surface area (Å²) in [5.41, 5.74) is 3.04. The molecule has 2 aromatic carbocycles. The standard InChI is InChI=1S/C21H26N2O2S/c1-17-6-5-7-18(14-17)16-26(24,25)23-13-12-22(20-10-11-20)15-21(23)19-8-3-2-4-9-19/h2-9,14,20-21H,10-13,15-16H2,1H3. The molecular formula is C21H26N2O2S. The summed E-state index contributed by atoms with van der Waals surface area (Å²) in [5, 5.41) is 0. The third kappa shape index (κ3) is 3.85. The van der Waals surface area contributed by atoms with Gasteiger partial charge < -0.3 is 0 Å². The molecule has 5 heteroatoms. The Morgan fingerprint density at radius 2 is 1.77 bits per heavy atom. The first-order valence-electron chi connectivity index (χ1n) is 9.37. The Balaban J connectivity index is 1.61. The summed E-state index contributed by atoms with van der Waals surface area (Å²) in [5.74, 6) is 0.0709. The summed E-state index contributed by atoms with van der Waals surface area (Å²) in [6.07, 6.45) is 2.50. The molecule has 0 N–H and O–H groups in total. The van der Waals surface area contributed by atoms with Crippen molar-refractivity contribution in [1.82, 2.24) is 9.21 Å². The van der Waals surface area contributed by atoms with Gasteiger partial charge in [-0.15, -0.1) is 0 Å². The summed E-state index contributed by atoms with van der Waals surface area (Å²) in [6.45, 7) is 4.20. The molecule has 0 aromatic heterocycles. The van der Waals surface area contributed by atoms with Gasteiger partial charge in [0.25, 0.3) is 0 Å². The van der Waals surface area contributed by atoms with Gasteiger partial charge in [-0.05, 0) is 30.9 Å². The molecule has 0 amide bonds. The number of hydrogen-bond acceptors (Lipinski definition) is 3. The number of nitrogens with zero attached hydrogens (tertiary/aromatic N) is 2. The highest BCUT2D eigenvalue weighted by atomic mass is 32.2. The molecule has 1 aliphatic heterocycles. The predicted molar refractivity (Wildman–Crippen MR) is 104 cm³/mol. The minimum atomic E-state index is -3.37. The molecular weight excluding hydrogens is 344 g/mol. The second kappa shape index (κ2) is 7.14. The van der Waals surface area contributed by atoms with Crippen LogP contribution in [0.3, 0.4) is 0 Å². The van der Waals surface area contributed by atoms with Crippen molar-refractivity contribution in [3.8, 4) is 0 Å². The number of piperazine rings is 1. The Bertz CT molecular complexity index is 863. The summed E-state index contributed by atoms with van der Waals surface area (Å²) in [4.78, 5) is 2.47. The van der Waals surface area contributed by atoms with Crippen molar-refractivity contribution in [2.45, 2.75) is 37.6 Å². The van der Waals surface area contributed by atoms with Crippen LogP contribution in [0.15, 0.2) is 54.6 Å². The maximum atomic E-state index is 13.2. The normalized spacial score (nSPS) is 22.4. The van der Waals surface area contributed by atoms with Gasteiger partial charge in [0.2, 0.25) is 10.0 Å². The third-order valence-electron chi connectivity index (χ3n) is 5.40. The van der Waals surface area contributed by atoms with Crippen LogP contribution in [-0.2, 0) is 15.8 Å². The van der Waals surface area contributed by atoms with Gasteiger partial charge in [-0.1, -0.05) is 60.2 Å². The van der Waals surface area contributed by atoms with Gasteiger partial charge in [0, 0.05) is 25.7 Å². The lowest BCUT2D eigenvalue weighted by Gasteiger charge is -2.41. The van der Waals surface area contributed by atoms with Gasteiger partial charge in [0.05, 0.1) is 11.8 Å². The third-order valence-corrected chi connectivity index (χ3v) is 7.25. The van der Waals surface area contributed by atoms with Gasteiger partial charge in [0.1, 0.15) is 0 Å². The Labute approximate surface area is 156 Å². The first-order valence-corrected chi connectivity index (χ1v) is 11.0. The molecule has 0 radical (unpaired) electrons. The average Bonchev–Trinajstić information content (AvgIpc) is 3.47. The maximum absolute atomic E-state index is 13.2. The van der Waals surface area contributed by atoms with Crippen LogP contribution in [0.25, 0.3) is 0 Å². The SMILES string of the molecule is Cc1cccc(CS(=O)(=O)N2CCN(C3CC3)CC2c2ccccc2)c1. The molecule has 138 valence electrons. The monoisotopic (exact) mass is 370 g/mol. The zero-order valence-corrected chi connectivity index (χ0v) is 16.0. The van der Waals surface area contributed by atoms with Crippen LogP contribution in [0.2, 0.25) is 0 Å². The lowest BCUT2D eigenvalue weighted by molar-refractivity contribution is 0.128. The fourth-order valence-corrected chi connectivity index (χ4v) is 5.64. The quantitative estimate of drug-likeness (QED) is 0.810.